The fourth-order valence-corrected chi connectivity index (χ4v) is 2.00. The fourth-order valence-electron chi connectivity index (χ4n) is 1.59. The number of carbonyl (C=O) groups excluding carboxylic acids is 1. The van der Waals surface area contributed by atoms with Gasteiger partial charge in [-0.15, -0.1) is 0 Å². The van der Waals surface area contributed by atoms with Crippen molar-refractivity contribution in [3.8, 4) is 5.75 Å². The van der Waals surface area contributed by atoms with Gasteiger partial charge in [0, 0.05) is 5.41 Å². The number of esters is 1. The largest absolute Gasteiger partial charge is 0.493 e. The van der Waals surface area contributed by atoms with Gasteiger partial charge in [-0.1, -0.05) is 6.07 Å². The van der Waals surface area contributed by atoms with Crippen LogP contribution in [-0.2, 0) is 4.74 Å². The highest BCUT2D eigenvalue weighted by Crippen LogP contribution is 2.46. The Bertz CT molecular complexity index is 413. The third kappa shape index (κ3) is 2.94. The van der Waals surface area contributed by atoms with E-state index in [1.807, 2.05) is 6.07 Å². The van der Waals surface area contributed by atoms with Gasteiger partial charge in [-0.2, -0.15) is 12.6 Å². The summed E-state index contributed by atoms with van der Waals surface area (Å²) in [5.74, 6) is 1.22. The van der Waals surface area contributed by atoms with Gasteiger partial charge in [-0.25, -0.2) is 4.79 Å². The first-order chi connectivity index (χ1) is 8.19. The van der Waals surface area contributed by atoms with Gasteiger partial charge < -0.3 is 9.47 Å². The van der Waals surface area contributed by atoms with E-state index in [9.17, 15) is 4.79 Å². The highest BCUT2D eigenvalue weighted by Gasteiger charge is 2.42. The molecule has 0 unspecified atom stereocenters. The van der Waals surface area contributed by atoms with E-state index < -0.39 is 0 Å². The van der Waals surface area contributed by atoms with Crippen LogP contribution in [0.1, 0.15) is 23.2 Å². The van der Waals surface area contributed by atoms with Crippen LogP contribution in [0.4, 0.5) is 0 Å². The van der Waals surface area contributed by atoms with E-state index in [0.29, 0.717) is 17.9 Å². The topological polar surface area (TPSA) is 35.5 Å². The minimum Gasteiger partial charge on any atom is -0.493 e. The fraction of sp³-hybridized carbons (Fsp3) is 0.462. The van der Waals surface area contributed by atoms with Crippen LogP contribution >= 0.6 is 12.6 Å². The van der Waals surface area contributed by atoms with Crippen molar-refractivity contribution in [2.24, 2.45) is 5.41 Å². The summed E-state index contributed by atoms with van der Waals surface area (Å²) in [5.41, 5.74) is 0.769. The zero-order valence-electron chi connectivity index (χ0n) is 9.81. The second kappa shape index (κ2) is 5.00. The Kier molecular flexibility index (Phi) is 3.62. The molecule has 4 heteroatoms. The molecule has 0 saturated heterocycles. The van der Waals surface area contributed by atoms with Gasteiger partial charge in [-0.3, -0.25) is 0 Å². The highest BCUT2D eigenvalue weighted by molar-refractivity contribution is 7.80. The first-order valence-corrected chi connectivity index (χ1v) is 6.24. The van der Waals surface area contributed by atoms with Crippen molar-refractivity contribution in [1.82, 2.24) is 0 Å². The van der Waals surface area contributed by atoms with Gasteiger partial charge in [0.15, 0.2) is 0 Å². The van der Waals surface area contributed by atoms with E-state index in [1.54, 1.807) is 18.2 Å². The first-order valence-electron chi connectivity index (χ1n) is 5.61. The van der Waals surface area contributed by atoms with Crippen LogP contribution in [0.25, 0.3) is 0 Å². The van der Waals surface area contributed by atoms with Crippen LogP contribution in [0.5, 0.6) is 5.75 Å². The van der Waals surface area contributed by atoms with Crippen LogP contribution in [-0.4, -0.2) is 25.4 Å². The van der Waals surface area contributed by atoms with E-state index in [0.717, 1.165) is 5.75 Å². The Morgan fingerprint density at radius 2 is 2.24 bits per heavy atom. The molecular weight excluding hydrogens is 236 g/mol. The number of thiol groups is 1. The van der Waals surface area contributed by atoms with Crippen molar-refractivity contribution >= 4 is 18.6 Å². The lowest BCUT2D eigenvalue weighted by molar-refractivity contribution is 0.0600. The maximum absolute atomic E-state index is 11.3. The Labute approximate surface area is 107 Å². The molecular formula is C13H16O3S. The third-order valence-electron chi connectivity index (χ3n) is 3.09. The Morgan fingerprint density at radius 1 is 1.47 bits per heavy atom. The number of methoxy groups -OCH3 is 1. The number of ether oxygens (including phenoxy) is 2. The van der Waals surface area contributed by atoms with Gasteiger partial charge in [-0.05, 0) is 36.8 Å². The molecule has 0 heterocycles. The number of rotatable bonds is 5. The summed E-state index contributed by atoms with van der Waals surface area (Å²) in [5, 5.41) is 0. The first kappa shape index (κ1) is 12.3. The summed E-state index contributed by atoms with van der Waals surface area (Å²) in [6.07, 6.45) is 2.35. The quantitative estimate of drug-likeness (QED) is 0.646. The molecule has 1 aromatic rings. The SMILES string of the molecule is COC(=O)c1cccc(OCC2(CS)CC2)c1. The second-order valence-corrected chi connectivity index (χ2v) is 4.78. The van der Waals surface area contributed by atoms with Crippen molar-refractivity contribution in [2.75, 3.05) is 19.5 Å². The molecule has 2 rings (SSSR count). The number of hydrogen-bond acceptors (Lipinski definition) is 4. The van der Waals surface area contributed by atoms with E-state index in [-0.39, 0.29) is 11.4 Å². The van der Waals surface area contributed by atoms with Gasteiger partial charge in [0.05, 0.1) is 19.3 Å². The van der Waals surface area contributed by atoms with Gasteiger partial charge >= 0.3 is 5.97 Å². The molecule has 0 N–H and O–H groups in total. The Morgan fingerprint density at radius 3 is 2.82 bits per heavy atom. The zero-order valence-corrected chi connectivity index (χ0v) is 10.7. The lowest BCUT2D eigenvalue weighted by atomic mass is 10.1. The minimum atomic E-state index is -0.342. The summed E-state index contributed by atoms with van der Waals surface area (Å²) in [7, 11) is 1.37. The van der Waals surface area contributed by atoms with Gasteiger partial charge in [0.25, 0.3) is 0 Å². The summed E-state index contributed by atoms with van der Waals surface area (Å²) < 4.78 is 10.4. The average molecular weight is 252 g/mol. The Hall–Kier alpha value is -1.16. The molecule has 1 aliphatic rings. The molecule has 0 radical (unpaired) electrons. The lowest BCUT2D eigenvalue weighted by Crippen LogP contribution is -2.14. The summed E-state index contributed by atoms with van der Waals surface area (Å²) in [4.78, 5) is 11.3. The van der Waals surface area contributed by atoms with Crippen LogP contribution in [0.2, 0.25) is 0 Å². The van der Waals surface area contributed by atoms with Crippen molar-refractivity contribution in [3.63, 3.8) is 0 Å². The average Bonchev–Trinajstić information content (AvgIpc) is 3.16. The molecule has 1 saturated carbocycles. The molecule has 0 amide bonds. The van der Waals surface area contributed by atoms with Crippen LogP contribution < -0.4 is 4.74 Å². The molecule has 92 valence electrons. The van der Waals surface area contributed by atoms with Crippen molar-refractivity contribution < 1.29 is 14.3 Å². The van der Waals surface area contributed by atoms with E-state index in [4.69, 9.17) is 4.74 Å². The number of carbonyl (C=O) groups is 1. The Balaban J connectivity index is 1.99. The van der Waals surface area contributed by atoms with Crippen LogP contribution in [0, 0.1) is 5.41 Å². The maximum Gasteiger partial charge on any atom is 0.337 e. The molecule has 0 atom stereocenters. The van der Waals surface area contributed by atoms with E-state index in [2.05, 4.69) is 17.4 Å². The molecule has 0 aliphatic heterocycles. The van der Waals surface area contributed by atoms with Gasteiger partial charge in [0.2, 0.25) is 0 Å². The molecule has 1 aliphatic carbocycles. The summed E-state index contributed by atoms with van der Waals surface area (Å²) >= 11 is 4.32. The monoisotopic (exact) mass is 252 g/mol. The molecule has 0 bridgehead atoms. The van der Waals surface area contributed by atoms with Crippen molar-refractivity contribution in [1.29, 1.82) is 0 Å². The predicted molar refractivity (Wildman–Crippen MR) is 68.8 cm³/mol. The third-order valence-corrected chi connectivity index (χ3v) is 3.76. The van der Waals surface area contributed by atoms with Crippen LogP contribution in [0.15, 0.2) is 24.3 Å². The van der Waals surface area contributed by atoms with E-state index in [1.165, 1.54) is 20.0 Å². The maximum atomic E-state index is 11.3. The standard InChI is InChI=1S/C13H16O3S/c1-15-12(14)10-3-2-4-11(7-10)16-8-13(9-17)5-6-13/h2-4,7,17H,5-6,8-9H2,1H3. The summed E-state index contributed by atoms with van der Waals surface area (Å²) in [6, 6.07) is 7.06. The smallest absolute Gasteiger partial charge is 0.337 e. The highest BCUT2D eigenvalue weighted by atomic mass is 32.1. The zero-order chi connectivity index (χ0) is 12.3. The molecule has 17 heavy (non-hydrogen) atoms. The number of benzene rings is 1. The van der Waals surface area contributed by atoms with Gasteiger partial charge in [0.1, 0.15) is 5.75 Å². The normalized spacial score (nSPS) is 16.4. The molecule has 1 fully saturated rings. The molecule has 3 nitrogen and oxygen atoms in total. The molecule has 0 spiro atoms. The van der Waals surface area contributed by atoms with Crippen LogP contribution in [0.3, 0.4) is 0 Å². The lowest BCUT2D eigenvalue weighted by Gasteiger charge is -2.13. The number of hydrogen-bond donors (Lipinski definition) is 1. The van der Waals surface area contributed by atoms with E-state index >= 15 is 0 Å². The molecule has 1 aromatic carbocycles. The van der Waals surface area contributed by atoms with Crippen molar-refractivity contribution in [2.45, 2.75) is 12.8 Å². The van der Waals surface area contributed by atoms with Crippen molar-refractivity contribution in [3.05, 3.63) is 29.8 Å². The predicted octanol–water partition coefficient (Wildman–Crippen LogP) is 2.56. The minimum absolute atomic E-state index is 0.254. The second-order valence-electron chi connectivity index (χ2n) is 4.47. The molecule has 0 aromatic heterocycles. The summed E-state index contributed by atoms with van der Waals surface area (Å²) in [6.45, 7) is 0.668.